The highest BCUT2D eigenvalue weighted by molar-refractivity contribution is 7.92. The van der Waals surface area contributed by atoms with E-state index in [0.717, 1.165) is 32.2 Å². The third-order valence-corrected chi connectivity index (χ3v) is 6.30. The van der Waals surface area contributed by atoms with Crippen LogP contribution in [0.4, 0.5) is 18.9 Å². The zero-order valence-electron chi connectivity index (χ0n) is 16.2. The van der Waals surface area contributed by atoms with Crippen LogP contribution in [-0.4, -0.2) is 46.7 Å². The summed E-state index contributed by atoms with van der Waals surface area (Å²) in [6.45, 7) is 1.58. The quantitative estimate of drug-likeness (QED) is 0.692. The van der Waals surface area contributed by atoms with Crippen LogP contribution in [0.15, 0.2) is 41.3 Å². The highest BCUT2D eigenvalue weighted by Gasteiger charge is 2.35. The molecule has 164 valence electrons. The predicted molar refractivity (Wildman–Crippen MR) is 107 cm³/mol. The molecule has 1 saturated heterocycles. The molecule has 2 aromatic rings. The number of likely N-dealkylation sites (N-methyl/N-ethyl adjacent to an activating group) is 1. The number of sulfonamides is 1. The van der Waals surface area contributed by atoms with E-state index in [4.69, 9.17) is 16.3 Å². The minimum absolute atomic E-state index is 0.0877. The van der Waals surface area contributed by atoms with Crippen molar-refractivity contribution in [2.24, 2.45) is 0 Å². The maximum atomic E-state index is 13.2. The Morgan fingerprint density at radius 2 is 1.90 bits per heavy atom. The molecule has 0 bridgehead atoms. The Hall–Kier alpha value is -2.17. The van der Waals surface area contributed by atoms with E-state index in [2.05, 4.69) is 14.4 Å². The van der Waals surface area contributed by atoms with Crippen molar-refractivity contribution in [3.05, 3.63) is 47.0 Å². The number of alkyl halides is 3. The van der Waals surface area contributed by atoms with E-state index in [-0.39, 0.29) is 11.8 Å². The van der Waals surface area contributed by atoms with Crippen LogP contribution < -0.4 is 14.2 Å². The number of halogens is 4. The Morgan fingerprint density at radius 1 is 1.17 bits per heavy atom. The van der Waals surface area contributed by atoms with Gasteiger partial charge in [-0.05, 0) is 43.8 Å². The molecule has 0 aliphatic carbocycles. The third kappa shape index (κ3) is 5.11. The first-order valence-electron chi connectivity index (χ1n) is 8.92. The average molecular weight is 465 g/mol. The number of methoxy groups -OCH3 is 1. The van der Waals surface area contributed by atoms with Gasteiger partial charge in [-0.2, -0.15) is 13.2 Å². The van der Waals surface area contributed by atoms with E-state index in [0.29, 0.717) is 23.4 Å². The molecule has 1 N–H and O–H groups in total. The average Bonchev–Trinajstić information content (AvgIpc) is 3.07. The van der Waals surface area contributed by atoms with Crippen molar-refractivity contribution in [1.82, 2.24) is 4.90 Å². The van der Waals surface area contributed by atoms with Crippen molar-refractivity contribution in [2.75, 3.05) is 32.0 Å². The van der Waals surface area contributed by atoms with Crippen LogP contribution in [0.3, 0.4) is 0 Å². The molecule has 30 heavy (non-hydrogen) atoms. The van der Waals surface area contributed by atoms with Gasteiger partial charge in [-0.1, -0.05) is 11.6 Å². The van der Waals surface area contributed by atoms with Crippen molar-refractivity contribution in [3.8, 4) is 11.5 Å². The van der Waals surface area contributed by atoms with Gasteiger partial charge >= 0.3 is 6.18 Å². The van der Waals surface area contributed by atoms with Crippen molar-refractivity contribution in [1.29, 1.82) is 0 Å². The minimum atomic E-state index is -4.77. The fourth-order valence-electron chi connectivity index (χ4n) is 3.12. The van der Waals surface area contributed by atoms with Gasteiger partial charge in [0.2, 0.25) is 0 Å². The molecule has 1 fully saturated rings. The first kappa shape index (κ1) is 22.5. The van der Waals surface area contributed by atoms with E-state index >= 15 is 0 Å². The number of hydrogen-bond donors (Lipinski definition) is 1. The molecule has 11 heteroatoms. The second kappa shape index (κ2) is 8.52. The second-order valence-corrected chi connectivity index (χ2v) is 8.99. The Bertz CT molecular complexity index is 1030. The summed E-state index contributed by atoms with van der Waals surface area (Å²) in [4.78, 5) is 1.54. The molecule has 2 aromatic carbocycles. The molecule has 0 unspecified atom stereocenters. The van der Waals surface area contributed by atoms with Gasteiger partial charge in [0.1, 0.15) is 17.6 Å². The Labute approximate surface area is 177 Å². The van der Waals surface area contributed by atoms with Crippen molar-refractivity contribution in [3.63, 3.8) is 0 Å². The summed E-state index contributed by atoms with van der Waals surface area (Å²) in [5.74, 6) is -0.173. The first-order valence-corrected chi connectivity index (χ1v) is 10.8. The Balaban J connectivity index is 1.86. The molecule has 0 spiro atoms. The van der Waals surface area contributed by atoms with Crippen LogP contribution in [0, 0.1) is 0 Å². The molecule has 1 aliphatic heterocycles. The summed E-state index contributed by atoms with van der Waals surface area (Å²) in [6.07, 6.45) is -4.06. The molecule has 0 aromatic heterocycles. The Morgan fingerprint density at radius 3 is 2.50 bits per heavy atom. The zero-order valence-corrected chi connectivity index (χ0v) is 17.7. The molecule has 1 atom stereocenters. The molecule has 6 nitrogen and oxygen atoms in total. The van der Waals surface area contributed by atoms with Crippen LogP contribution in [0.2, 0.25) is 5.02 Å². The van der Waals surface area contributed by atoms with E-state index in [1.807, 2.05) is 7.05 Å². The number of rotatable bonds is 6. The lowest BCUT2D eigenvalue weighted by Gasteiger charge is -2.17. The molecule has 3 rings (SSSR count). The summed E-state index contributed by atoms with van der Waals surface area (Å²) >= 11 is 6.15. The van der Waals surface area contributed by atoms with Gasteiger partial charge in [0.25, 0.3) is 10.0 Å². The SMILES string of the molecule is COc1ccc(S(=O)(=O)Nc2ccc(Cl)c(O[C@@H]3CCN(C)C3)c2)cc1C(F)(F)F. The van der Waals surface area contributed by atoms with E-state index < -0.39 is 32.4 Å². The fourth-order valence-corrected chi connectivity index (χ4v) is 4.35. The largest absolute Gasteiger partial charge is 0.496 e. The highest BCUT2D eigenvalue weighted by atomic mass is 35.5. The maximum absolute atomic E-state index is 13.2. The minimum Gasteiger partial charge on any atom is -0.496 e. The van der Waals surface area contributed by atoms with Crippen LogP contribution in [0.1, 0.15) is 12.0 Å². The van der Waals surface area contributed by atoms with Gasteiger partial charge in [0.15, 0.2) is 0 Å². The number of likely N-dealkylation sites (tertiary alicyclic amines) is 1. The van der Waals surface area contributed by atoms with Gasteiger partial charge in [-0.25, -0.2) is 8.42 Å². The summed E-state index contributed by atoms with van der Waals surface area (Å²) in [7, 11) is -1.26. The number of anilines is 1. The number of hydrogen-bond acceptors (Lipinski definition) is 5. The van der Waals surface area contributed by atoms with E-state index in [1.54, 1.807) is 0 Å². The van der Waals surface area contributed by atoms with Crippen LogP contribution in [0.25, 0.3) is 0 Å². The van der Waals surface area contributed by atoms with Crippen LogP contribution >= 0.6 is 11.6 Å². The molecule has 1 heterocycles. The summed E-state index contributed by atoms with van der Waals surface area (Å²) < 4.78 is 77.8. The molecule has 0 saturated carbocycles. The topological polar surface area (TPSA) is 67.9 Å². The van der Waals surface area contributed by atoms with Gasteiger partial charge in [-0.15, -0.1) is 0 Å². The van der Waals surface area contributed by atoms with Crippen molar-refractivity contribution in [2.45, 2.75) is 23.6 Å². The lowest BCUT2D eigenvalue weighted by Crippen LogP contribution is -2.21. The molecule has 0 radical (unpaired) electrons. The number of ether oxygens (including phenoxy) is 2. The molecular weight excluding hydrogens is 445 g/mol. The lowest BCUT2D eigenvalue weighted by atomic mass is 10.2. The van der Waals surface area contributed by atoms with Crippen molar-refractivity contribution >= 4 is 27.3 Å². The van der Waals surface area contributed by atoms with Crippen LogP contribution in [0.5, 0.6) is 11.5 Å². The van der Waals surface area contributed by atoms with Gasteiger partial charge in [0, 0.05) is 19.2 Å². The molecule has 1 aliphatic rings. The lowest BCUT2D eigenvalue weighted by molar-refractivity contribution is -0.138. The first-order chi connectivity index (χ1) is 14.0. The highest BCUT2D eigenvalue weighted by Crippen LogP contribution is 2.38. The molecule has 0 amide bonds. The van der Waals surface area contributed by atoms with E-state index in [9.17, 15) is 21.6 Å². The summed E-state index contributed by atoms with van der Waals surface area (Å²) in [5.41, 5.74) is -1.07. The smallest absolute Gasteiger partial charge is 0.420 e. The third-order valence-electron chi connectivity index (χ3n) is 4.61. The standard InChI is InChI=1S/C19H20ClF3N2O4S/c1-25-8-7-13(11-25)29-18-9-12(3-5-16(18)20)24-30(26,27)14-4-6-17(28-2)15(10-14)19(21,22)23/h3-6,9-10,13,24H,7-8,11H2,1-2H3/t13-/m1/s1. The zero-order chi connectivity index (χ0) is 22.1. The number of benzene rings is 2. The van der Waals surface area contributed by atoms with Gasteiger partial charge < -0.3 is 14.4 Å². The van der Waals surface area contributed by atoms with Gasteiger partial charge in [0.05, 0.1) is 28.3 Å². The second-order valence-electron chi connectivity index (χ2n) is 6.90. The normalized spacial score (nSPS) is 17.7. The molecular formula is C19H20ClF3N2O4S. The Kier molecular flexibility index (Phi) is 6.40. The van der Waals surface area contributed by atoms with Gasteiger partial charge in [-0.3, -0.25) is 4.72 Å². The van der Waals surface area contributed by atoms with E-state index in [1.165, 1.54) is 18.2 Å². The van der Waals surface area contributed by atoms with Crippen molar-refractivity contribution < 1.29 is 31.1 Å². The summed E-state index contributed by atoms with van der Waals surface area (Å²) in [6, 6.07) is 6.81. The maximum Gasteiger partial charge on any atom is 0.420 e. The fraction of sp³-hybridized carbons (Fsp3) is 0.368. The monoisotopic (exact) mass is 464 g/mol. The number of nitrogens with one attached hydrogen (secondary N) is 1. The predicted octanol–water partition coefficient (Wildman–Crippen LogP) is 4.25. The van der Waals surface area contributed by atoms with Crippen LogP contribution in [-0.2, 0) is 16.2 Å². The summed E-state index contributed by atoms with van der Waals surface area (Å²) in [5, 5.41) is 0.302. The number of nitrogens with zero attached hydrogens (tertiary/aromatic N) is 1.